The Bertz CT molecular complexity index is 204. The van der Waals surface area contributed by atoms with Crippen molar-refractivity contribution in [1.82, 2.24) is 0 Å². The van der Waals surface area contributed by atoms with Crippen molar-refractivity contribution in [3.8, 4) is 0 Å². The van der Waals surface area contributed by atoms with Crippen molar-refractivity contribution in [3.05, 3.63) is 4.91 Å². The molecule has 0 heterocycles. The molecule has 0 unspecified atom stereocenters. The van der Waals surface area contributed by atoms with Crippen LogP contribution in [-0.4, -0.2) is 5.94 Å². The molecule has 0 bridgehead atoms. The van der Waals surface area contributed by atoms with Gasteiger partial charge in [0, 0.05) is 0 Å². The fourth-order valence-corrected chi connectivity index (χ4v) is 0.236. The molecule has 0 aliphatic heterocycles. The second-order valence-electron chi connectivity index (χ2n) is 1.63. The number of rotatable bonds is 1. The van der Waals surface area contributed by atoms with Gasteiger partial charge >= 0.3 is 10.2 Å². The first-order chi connectivity index (χ1) is 3.97. The van der Waals surface area contributed by atoms with E-state index in [2.05, 4.69) is 0 Å². The summed E-state index contributed by atoms with van der Waals surface area (Å²) in [5, 5.41) is 0. The summed E-state index contributed by atoms with van der Waals surface area (Å²) in [7, 11) is -9.65. The van der Waals surface area contributed by atoms with E-state index in [0.717, 1.165) is 0 Å². The normalized spacial score (nSPS) is 18.6. The third kappa shape index (κ3) is 2.36. The van der Waals surface area contributed by atoms with Crippen molar-refractivity contribution in [3.63, 3.8) is 0 Å². The highest BCUT2D eigenvalue weighted by Crippen LogP contribution is 3.01. The summed E-state index contributed by atoms with van der Waals surface area (Å²) in [6.07, 6.45) is 0. The standard InChI is InChI=1S/C3H3F5OS/c1-3(2-9)10(4,5,6,7)8/h1H3. The molecule has 0 rings (SSSR count). The maximum absolute atomic E-state index is 11.3. The van der Waals surface area contributed by atoms with Gasteiger partial charge in [0.25, 0.3) is 0 Å². The second kappa shape index (κ2) is 1.38. The topological polar surface area (TPSA) is 17.1 Å². The molecule has 0 saturated carbocycles. The van der Waals surface area contributed by atoms with E-state index in [1.807, 2.05) is 0 Å². The summed E-state index contributed by atoms with van der Waals surface area (Å²) in [4.78, 5) is 6.76. The zero-order valence-corrected chi connectivity index (χ0v) is 5.52. The molecule has 10 heavy (non-hydrogen) atoms. The lowest BCUT2D eigenvalue weighted by Gasteiger charge is -2.38. The van der Waals surface area contributed by atoms with Crippen LogP contribution in [0, 0.1) is 0 Å². The fourth-order valence-electron chi connectivity index (χ4n) is 0.0787. The molecule has 0 amide bonds. The van der Waals surface area contributed by atoms with Gasteiger partial charge in [-0.1, -0.05) is 19.4 Å². The molecular weight excluding hydrogens is 179 g/mol. The lowest BCUT2D eigenvalue weighted by Crippen LogP contribution is -2.06. The Hall–Kier alpha value is -0.550. The number of hydrogen-bond donors (Lipinski definition) is 0. The Balaban J connectivity index is 5.35. The molecule has 0 fully saturated rings. The van der Waals surface area contributed by atoms with Crippen LogP contribution in [0.3, 0.4) is 0 Å². The Kier molecular flexibility index (Phi) is 1.30. The second-order valence-corrected chi connectivity index (χ2v) is 4.18. The Morgan fingerprint density at radius 3 is 1.50 bits per heavy atom. The quantitative estimate of drug-likeness (QED) is 0.450. The average molecular weight is 182 g/mol. The van der Waals surface area contributed by atoms with Crippen molar-refractivity contribution < 1.29 is 24.2 Å². The Morgan fingerprint density at radius 1 is 1.20 bits per heavy atom. The van der Waals surface area contributed by atoms with E-state index in [1.54, 1.807) is 0 Å². The van der Waals surface area contributed by atoms with Crippen LogP contribution in [0.4, 0.5) is 19.4 Å². The number of carbonyl (C=O) groups excluding carboxylic acids is 1. The van der Waals surface area contributed by atoms with Gasteiger partial charge in [0.2, 0.25) is 0 Å². The third-order valence-corrected chi connectivity index (χ3v) is 1.96. The number of halogens is 5. The van der Waals surface area contributed by atoms with Crippen molar-refractivity contribution >= 4 is 16.2 Å². The summed E-state index contributed by atoms with van der Waals surface area (Å²) in [5.41, 5.74) is 0. The zero-order valence-electron chi connectivity index (χ0n) is 4.71. The van der Waals surface area contributed by atoms with Crippen molar-refractivity contribution in [1.29, 1.82) is 0 Å². The highest BCUT2D eigenvalue weighted by molar-refractivity contribution is 8.48. The zero-order chi connectivity index (χ0) is 8.69. The molecular formula is C3H3F5OS. The minimum atomic E-state index is -9.65. The molecule has 0 saturated heterocycles. The van der Waals surface area contributed by atoms with E-state index in [0.29, 0.717) is 0 Å². The van der Waals surface area contributed by atoms with Gasteiger partial charge in [0.15, 0.2) is 4.91 Å². The smallest absolute Gasteiger partial charge is 0.232 e. The lowest BCUT2D eigenvalue weighted by molar-refractivity contribution is 0.379. The van der Waals surface area contributed by atoms with Gasteiger partial charge in [-0.25, -0.2) is 4.79 Å². The van der Waals surface area contributed by atoms with E-state index >= 15 is 0 Å². The van der Waals surface area contributed by atoms with Gasteiger partial charge in [0.1, 0.15) is 5.94 Å². The van der Waals surface area contributed by atoms with E-state index in [9.17, 15) is 24.2 Å². The summed E-state index contributed by atoms with van der Waals surface area (Å²) < 4.78 is 56.5. The minimum Gasteiger partial charge on any atom is -0.232 e. The van der Waals surface area contributed by atoms with Crippen LogP contribution in [0.5, 0.6) is 0 Å². The Labute approximate surface area is 53.2 Å². The minimum absolute atomic E-state index is 0.00540. The highest BCUT2D eigenvalue weighted by Gasteiger charge is 2.66. The van der Waals surface area contributed by atoms with Crippen LogP contribution >= 0.6 is 10.2 Å². The first-order valence-corrected chi connectivity index (χ1v) is 3.88. The molecule has 1 nitrogen and oxygen atoms in total. The molecule has 0 aliphatic carbocycles. The van der Waals surface area contributed by atoms with Gasteiger partial charge in [0.05, 0.1) is 0 Å². The average Bonchev–Trinajstić information content (AvgIpc) is 1.57. The fraction of sp³-hybridized carbons (Fsp3) is 0.333. The molecule has 0 radical (unpaired) electrons. The third-order valence-electron chi connectivity index (χ3n) is 0.722. The maximum atomic E-state index is 11.3. The van der Waals surface area contributed by atoms with Crippen LogP contribution in [0.1, 0.15) is 6.92 Å². The van der Waals surface area contributed by atoms with Crippen molar-refractivity contribution in [2.24, 2.45) is 0 Å². The molecule has 0 N–H and O–H groups in total. The molecule has 7 heteroatoms. The molecule has 0 aromatic heterocycles. The van der Waals surface area contributed by atoms with E-state index < -0.39 is 15.1 Å². The van der Waals surface area contributed by atoms with Crippen LogP contribution in [0.25, 0.3) is 0 Å². The summed E-state index contributed by atoms with van der Waals surface area (Å²) in [5.74, 6) is 0.130. The maximum Gasteiger partial charge on any atom is 0.316 e. The van der Waals surface area contributed by atoms with Crippen LogP contribution in [-0.2, 0) is 4.79 Å². The van der Waals surface area contributed by atoms with Gasteiger partial charge in [-0.2, -0.15) is 0 Å². The number of hydrogen-bond acceptors (Lipinski definition) is 1. The summed E-state index contributed by atoms with van der Waals surface area (Å²) in [6.45, 7) is -0.00540. The van der Waals surface area contributed by atoms with Crippen LogP contribution in [0.15, 0.2) is 4.91 Å². The van der Waals surface area contributed by atoms with Gasteiger partial charge < -0.3 is 0 Å². The molecule has 0 atom stereocenters. The van der Waals surface area contributed by atoms with Gasteiger partial charge in [-0.3, -0.25) is 0 Å². The van der Waals surface area contributed by atoms with E-state index in [-0.39, 0.29) is 12.9 Å². The SMILES string of the molecule is CC(=C=O)S(F)(F)(F)(F)F. The predicted octanol–water partition coefficient (Wildman–Crippen LogP) is 3.02. The first kappa shape index (κ1) is 9.45. The summed E-state index contributed by atoms with van der Waals surface area (Å²) >= 11 is 0. The predicted molar refractivity (Wildman–Crippen MR) is 28.0 cm³/mol. The van der Waals surface area contributed by atoms with Crippen molar-refractivity contribution in [2.45, 2.75) is 6.92 Å². The van der Waals surface area contributed by atoms with Gasteiger partial charge in [-0.05, 0) is 6.92 Å². The molecule has 0 aromatic carbocycles. The lowest BCUT2D eigenvalue weighted by atomic mass is 10.7. The monoisotopic (exact) mass is 182 g/mol. The molecule has 0 aromatic rings. The van der Waals surface area contributed by atoms with Gasteiger partial charge in [-0.15, -0.1) is 0 Å². The van der Waals surface area contributed by atoms with E-state index in [1.165, 1.54) is 0 Å². The van der Waals surface area contributed by atoms with Crippen molar-refractivity contribution in [2.75, 3.05) is 0 Å². The Morgan fingerprint density at radius 2 is 1.50 bits per heavy atom. The molecule has 0 aliphatic rings. The van der Waals surface area contributed by atoms with E-state index in [4.69, 9.17) is 0 Å². The van der Waals surface area contributed by atoms with Crippen LogP contribution < -0.4 is 0 Å². The molecule has 0 spiro atoms. The van der Waals surface area contributed by atoms with Crippen LogP contribution in [0.2, 0.25) is 0 Å². The number of allylic oxidation sites excluding steroid dienone is 1. The largest absolute Gasteiger partial charge is 0.316 e. The summed E-state index contributed by atoms with van der Waals surface area (Å²) in [6, 6.07) is 0. The first-order valence-electron chi connectivity index (χ1n) is 1.93. The highest BCUT2D eigenvalue weighted by atomic mass is 32.5. The molecule has 62 valence electrons.